The number of aryl methyl sites for hydroxylation is 1. The summed E-state index contributed by atoms with van der Waals surface area (Å²) in [6, 6.07) is 15.1. The van der Waals surface area contributed by atoms with E-state index in [2.05, 4.69) is 84.2 Å². The molecule has 106 valence electrons. The van der Waals surface area contributed by atoms with Crippen molar-refractivity contribution in [3.8, 4) is 0 Å². The summed E-state index contributed by atoms with van der Waals surface area (Å²) in [6.07, 6.45) is 1.11. The Hall–Kier alpha value is -0.580. The van der Waals surface area contributed by atoms with Crippen LogP contribution in [0, 0.1) is 10.5 Å². The normalized spacial score (nSPS) is 12.4. The summed E-state index contributed by atoms with van der Waals surface area (Å²) >= 11 is 8.54. The highest BCUT2D eigenvalue weighted by atomic mass is 127. The van der Waals surface area contributed by atoms with E-state index in [9.17, 15) is 0 Å². The maximum absolute atomic E-state index is 6.28. The largest absolute Gasteiger partial charge is 0.306 e. The van der Waals surface area contributed by atoms with E-state index in [0.717, 1.165) is 21.6 Å². The van der Waals surface area contributed by atoms with E-state index in [4.69, 9.17) is 11.6 Å². The molecule has 2 aromatic carbocycles. The number of hydrogen-bond acceptors (Lipinski definition) is 1. The van der Waals surface area contributed by atoms with Crippen LogP contribution in [0.3, 0.4) is 0 Å². The lowest BCUT2D eigenvalue weighted by Crippen LogP contribution is -2.23. The number of hydrogen-bond donors (Lipinski definition) is 1. The molecule has 20 heavy (non-hydrogen) atoms. The lowest BCUT2D eigenvalue weighted by atomic mass is 9.97. The van der Waals surface area contributed by atoms with Crippen molar-refractivity contribution in [2.45, 2.75) is 26.3 Å². The molecule has 0 fully saturated rings. The molecule has 0 spiro atoms. The van der Waals surface area contributed by atoms with Crippen LogP contribution in [0.4, 0.5) is 0 Å². The molecule has 1 unspecified atom stereocenters. The van der Waals surface area contributed by atoms with E-state index in [0.29, 0.717) is 0 Å². The van der Waals surface area contributed by atoms with E-state index in [1.807, 2.05) is 0 Å². The smallest absolute Gasteiger partial charge is 0.0577 e. The molecule has 1 nitrogen and oxygen atoms in total. The van der Waals surface area contributed by atoms with E-state index in [1.165, 1.54) is 16.7 Å². The first kappa shape index (κ1) is 15.8. The van der Waals surface area contributed by atoms with Crippen LogP contribution in [0.5, 0.6) is 0 Å². The second-order valence-corrected chi connectivity index (χ2v) is 6.54. The first-order valence-corrected chi connectivity index (χ1v) is 8.32. The fraction of sp³-hybridized carbons (Fsp3) is 0.294. The lowest BCUT2D eigenvalue weighted by Gasteiger charge is -2.20. The summed E-state index contributed by atoms with van der Waals surface area (Å²) in [6.45, 7) is 5.30. The SMILES string of the molecule is CCCNC(c1cccc(C)c1)c1ccc(I)c(Cl)c1. The third kappa shape index (κ3) is 3.96. The molecule has 0 aliphatic rings. The third-order valence-electron chi connectivity index (χ3n) is 3.25. The number of benzene rings is 2. The standard InChI is InChI=1S/C17H19ClIN/c1-3-9-20-17(13-6-4-5-12(2)10-13)14-7-8-16(19)15(18)11-14/h4-8,10-11,17,20H,3,9H2,1-2H3. The summed E-state index contributed by atoms with van der Waals surface area (Å²) in [4.78, 5) is 0. The van der Waals surface area contributed by atoms with Gasteiger partial charge in [0.2, 0.25) is 0 Å². The second kappa shape index (κ2) is 7.43. The lowest BCUT2D eigenvalue weighted by molar-refractivity contribution is 0.598. The predicted octanol–water partition coefficient (Wildman–Crippen LogP) is 5.34. The minimum Gasteiger partial charge on any atom is -0.306 e. The average molecular weight is 400 g/mol. The minimum atomic E-state index is 0.198. The zero-order chi connectivity index (χ0) is 14.5. The Morgan fingerprint density at radius 2 is 1.90 bits per heavy atom. The zero-order valence-electron chi connectivity index (χ0n) is 11.8. The topological polar surface area (TPSA) is 12.0 Å². The molecule has 2 rings (SSSR count). The van der Waals surface area contributed by atoms with Crippen LogP contribution in [-0.2, 0) is 0 Å². The van der Waals surface area contributed by atoms with Gasteiger partial charge in [-0.1, -0.05) is 54.4 Å². The van der Waals surface area contributed by atoms with Crippen molar-refractivity contribution in [3.05, 3.63) is 67.7 Å². The number of halogens is 2. The summed E-state index contributed by atoms with van der Waals surface area (Å²) < 4.78 is 1.09. The maximum atomic E-state index is 6.28. The molecule has 0 radical (unpaired) electrons. The van der Waals surface area contributed by atoms with Gasteiger partial charge in [0.15, 0.2) is 0 Å². The van der Waals surface area contributed by atoms with Crippen LogP contribution in [-0.4, -0.2) is 6.54 Å². The Morgan fingerprint density at radius 1 is 1.15 bits per heavy atom. The molecule has 1 N–H and O–H groups in total. The van der Waals surface area contributed by atoms with Gasteiger partial charge in [-0.15, -0.1) is 0 Å². The van der Waals surface area contributed by atoms with Crippen LogP contribution >= 0.6 is 34.2 Å². The molecule has 0 amide bonds. The third-order valence-corrected chi connectivity index (χ3v) is 4.82. The Bertz CT molecular complexity index is 583. The van der Waals surface area contributed by atoms with Gasteiger partial charge in [-0.2, -0.15) is 0 Å². The van der Waals surface area contributed by atoms with Gasteiger partial charge in [-0.05, 0) is 65.7 Å². The van der Waals surface area contributed by atoms with Crippen LogP contribution in [0.25, 0.3) is 0 Å². The zero-order valence-corrected chi connectivity index (χ0v) is 14.7. The summed E-state index contributed by atoms with van der Waals surface area (Å²) in [5.41, 5.74) is 3.78. The van der Waals surface area contributed by atoms with Gasteiger partial charge in [0.25, 0.3) is 0 Å². The van der Waals surface area contributed by atoms with Crippen LogP contribution < -0.4 is 5.32 Å². The molecule has 0 saturated heterocycles. The minimum absolute atomic E-state index is 0.198. The Labute approximate surface area is 139 Å². The number of rotatable bonds is 5. The Kier molecular flexibility index (Phi) is 5.87. The molecule has 0 aromatic heterocycles. The van der Waals surface area contributed by atoms with Crippen LogP contribution in [0.15, 0.2) is 42.5 Å². The van der Waals surface area contributed by atoms with Crippen LogP contribution in [0.2, 0.25) is 5.02 Å². The Morgan fingerprint density at radius 3 is 2.55 bits per heavy atom. The van der Waals surface area contributed by atoms with Crippen molar-refractivity contribution in [1.82, 2.24) is 5.32 Å². The van der Waals surface area contributed by atoms with Crippen molar-refractivity contribution in [2.75, 3.05) is 6.54 Å². The maximum Gasteiger partial charge on any atom is 0.0577 e. The average Bonchev–Trinajstić information content (AvgIpc) is 2.43. The number of nitrogens with one attached hydrogen (secondary N) is 1. The summed E-state index contributed by atoms with van der Waals surface area (Å²) in [5.74, 6) is 0. The molecule has 3 heteroatoms. The van der Waals surface area contributed by atoms with Gasteiger partial charge >= 0.3 is 0 Å². The highest BCUT2D eigenvalue weighted by molar-refractivity contribution is 14.1. The first-order valence-electron chi connectivity index (χ1n) is 6.86. The van der Waals surface area contributed by atoms with Crippen molar-refractivity contribution in [2.24, 2.45) is 0 Å². The molecule has 0 heterocycles. The molecule has 0 bridgehead atoms. The molecular formula is C17H19ClIN. The van der Waals surface area contributed by atoms with Gasteiger partial charge < -0.3 is 5.32 Å². The monoisotopic (exact) mass is 399 g/mol. The van der Waals surface area contributed by atoms with Gasteiger partial charge in [-0.25, -0.2) is 0 Å². The van der Waals surface area contributed by atoms with E-state index < -0.39 is 0 Å². The van der Waals surface area contributed by atoms with E-state index in [1.54, 1.807) is 0 Å². The second-order valence-electron chi connectivity index (χ2n) is 4.97. The molecule has 1 atom stereocenters. The first-order chi connectivity index (χ1) is 9.61. The highest BCUT2D eigenvalue weighted by Crippen LogP contribution is 2.27. The highest BCUT2D eigenvalue weighted by Gasteiger charge is 2.14. The van der Waals surface area contributed by atoms with E-state index in [-0.39, 0.29) is 6.04 Å². The molecule has 2 aromatic rings. The van der Waals surface area contributed by atoms with Crippen LogP contribution in [0.1, 0.15) is 36.1 Å². The summed E-state index contributed by atoms with van der Waals surface area (Å²) in [7, 11) is 0. The van der Waals surface area contributed by atoms with Gasteiger partial charge in [-0.3, -0.25) is 0 Å². The van der Waals surface area contributed by atoms with Gasteiger partial charge in [0.1, 0.15) is 0 Å². The molecule has 0 aliphatic carbocycles. The quantitative estimate of drug-likeness (QED) is 0.669. The van der Waals surface area contributed by atoms with Gasteiger partial charge in [0, 0.05) is 3.57 Å². The predicted molar refractivity (Wildman–Crippen MR) is 95.5 cm³/mol. The molecule has 0 saturated carbocycles. The van der Waals surface area contributed by atoms with Gasteiger partial charge in [0.05, 0.1) is 11.1 Å². The molecular weight excluding hydrogens is 381 g/mol. The van der Waals surface area contributed by atoms with Crippen molar-refractivity contribution in [1.29, 1.82) is 0 Å². The molecule has 0 aliphatic heterocycles. The Balaban J connectivity index is 2.38. The van der Waals surface area contributed by atoms with Crippen molar-refractivity contribution < 1.29 is 0 Å². The fourth-order valence-corrected chi connectivity index (χ4v) is 2.78. The van der Waals surface area contributed by atoms with Crippen molar-refractivity contribution >= 4 is 34.2 Å². The summed E-state index contributed by atoms with van der Waals surface area (Å²) in [5, 5.41) is 4.43. The van der Waals surface area contributed by atoms with E-state index >= 15 is 0 Å². The fourth-order valence-electron chi connectivity index (χ4n) is 2.26. The van der Waals surface area contributed by atoms with Crippen molar-refractivity contribution in [3.63, 3.8) is 0 Å².